The van der Waals surface area contributed by atoms with Crippen LogP contribution in [0.2, 0.25) is 5.02 Å². The molecule has 1 fully saturated rings. The van der Waals surface area contributed by atoms with Gasteiger partial charge < -0.3 is 10.6 Å². The number of benzene rings is 2. The highest BCUT2D eigenvalue weighted by atomic mass is 35.5. The van der Waals surface area contributed by atoms with E-state index in [9.17, 15) is 14.9 Å². The average Bonchev–Trinajstić information content (AvgIpc) is 3.05. The van der Waals surface area contributed by atoms with Crippen molar-refractivity contribution < 1.29 is 9.72 Å². The molecule has 8 heteroatoms. The molecule has 0 aromatic heterocycles. The Morgan fingerprint density at radius 2 is 2.07 bits per heavy atom. The van der Waals surface area contributed by atoms with Gasteiger partial charge in [0.05, 0.1) is 4.92 Å². The van der Waals surface area contributed by atoms with Gasteiger partial charge in [0.2, 0.25) is 0 Å². The number of likely N-dealkylation sites (tertiary alicyclic amines) is 1. The predicted octanol–water partition coefficient (Wildman–Crippen LogP) is 3.95. The quantitative estimate of drug-likeness (QED) is 0.599. The van der Waals surface area contributed by atoms with Crippen LogP contribution in [0.5, 0.6) is 0 Å². The van der Waals surface area contributed by atoms with Gasteiger partial charge in [-0.2, -0.15) is 0 Å². The molecule has 27 heavy (non-hydrogen) atoms. The Morgan fingerprint density at radius 3 is 2.78 bits per heavy atom. The number of hydrogen-bond acceptors (Lipinski definition) is 4. The fourth-order valence-corrected chi connectivity index (χ4v) is 3.45. The van der Waals surface area contributed by atoms with Crippen LogP contribution in [0.1, 0.15) is 17.5 Å². The molecule has 2 aromatic rings. The highest BCUT2D eigenvalue weighted by molar-refractivity contribution is 6.33. The standard InChI is InChI=1S/C19H21ClN4O3/c1-13-9-18(24(26)27)16(20)10-17(13)22-19(25)21-15-7-8-23(12-15)11-14-5-3-2-4-6-14/h2-6,9-10,15H,7-8,11-12H2,1H3,(H2,21,22,25)/t15-/m1/s1. The Morgan fingerprint density at radius 1 is 1.33 bits per heavy atom. The molecule has 142 valence electrons. The van der Waals surface area contributed by atoms with Gasteiger partial charge in [-0.25, -0.2) is 4.79 Å². The summed E-state index contributed by atoms with van der Waals surface area (Å²) < 4.78 is 0. The third-order valence-electron chi connectivity index (χ3n) is 4.60. The van der Waals surface area contributed by atoms with Crippen LogP contribution in [0.15, 0.2) is 42.5 Å². The van der Waals surface area contributed by atoms with E-state index in [1.165, 1.54) is 17.7 Å². The zero-order chi connectivity index (χ0) is 19.4. The minimum Gasteiger partial charge on any atom is -0.334 e. The Balaban J connectivity index is 1.54. The Bertz CT molecular complexity index is 844. The maximum atomic E-state index is 12.3. The zero-order valence-corrected chi connectivity index (χ0v) is 15.7. The number of carbonyl (C=O) groups excluding carboxylic acids is 1. The summed E-state index contributed by atoms with van der Waals surface area (Å²) in [5.74, 6) is 0. The van der Waals surface area contributed by atoms with Gasteiger partial charge in [0.1, 0.15) is 5.02 Å². The molecule has 0 unspecified atom stereocenters. The fourth-order valence-electron chi connectivity index (χ4n) is 3.22. The number of amides is 2. The van der Waals surface area contributed by atoms with Crippen LogP contribution >= 0.6 is 11.6 Å². The molecule has 2 N–H and O–H groups in total. The molecule has 0 radical (unpaired) electrons. The lowest BCUT2D eigenvalue weighted by molar-refractivity contribution is -0.384. The van der Waals surface area contributed by atoms with E-state index < -0.39 is 4.92 Å². The van der Waals surface area contributed by atoms with E-state index in [0.717, 1.165) is 26.1 Å². The first-order valence-electron chi connectivity index (χ1n) is 8.70. The van der Waals surface area contributed by atoms with Gasteiger partial charge in [-0.1, -0.05) is 41.9 Å². The molecule has 2 amide bonds. The number of nitrogens with one attached hydrogen (secondary N) is 2. The van der Waals surface area contributed by atoms with Crippen molar-refractivity contribution in [1.82, 2.24) is 10.2 Å². The average molecular weight is 389 g/mol. The van der Waals surface area contributed by atoms with Crippen LogP contribution < -0.4 is 10.6 Å². The number of urea groups is 1. The van der Waals surface area contributed by atoms with E-state index in [-0.39, 0.29) is 22.8 Å². The number of nitro benzene ring substituents is 1. The molecule has 2 aromatic carbocycles. The van der Waals surface area contributed by atoms with Crippen LogP contribution in [0, 0.1) is 17.0 Å². The minimum absolute atomic E-state index is 0.00389. The summed E-state index contributed by atoms with van der Waals surface area (Å²) in [6, 6.07) is 12.7. The SMILES string of the molecule is Cc1cc([N+](=O)[O-])c(Cl)cc1NC(=O)N[C@@H]1CCN(Cc2ccccc2)C1. The number of anilines is 1. The third kappa shape index (κ3) is 4.96. The number of rotatable bonds is 5. The summed E-state index contributed by atoms with van der Waals surface area (Å²) in [5, 5.41) is 16.6. The van der Waals surface area contributed by atoms with Gasteiger partial charge in [-0.05, 0) is 30.5 Å². The summed E-state index contributed by atoms with van der Waals surface area (Å²) in [7, 11) is 0. The smallest absolute Gasteiger partial charge is 0.319 e. The van der Waals surface area contributed by atoms with E-state index in [1.54, 1.807) is 6.92 Å². The molecule has 0 bridgehead atoms. The molecule has 0 spiro atoms. The van der Waals surface area contributed by atoms with E-state index in [0.29, 0.717) is 11.3 Å². The summed E-state index contributed by atoms with van der Waals surface area (Å²) >= 11 is 5.93. The highest BCUT2D eigenvalue weighted by Gasteiger charge is 2.24. The minimum atomic E-state index is -0.543. The van der Waals surface area contributed by atoms with Crippen LogP contribution in [-0.4, -0.2) is 35.0 Å². The van der Waals surface area contributed by atoms with Gasteiger partial charge in [0, 0.05) is 37.4 Å². The third-order valence-corrected chi connectivity index (χ3v) is 4.90. The lowest BCUT2D eigenvalue weighted by atomic mass is 10.2. The van der Waals surface area contributed by atoms with Crippen molar-refractivity contribution in [1.29, 1.82) is 0 Å². The maximum absolute atomic E-state index is 12.3. The first-order valence-corrected chi connectivity index (χ1v) is 9.08. The van der Waals surface area contributed by atoms with Crippen LogP contribution in [0.3, 0.4) is 0 Å². The summed E-state index contributed by atoms with van der Waals surface area (Å²) in [5.41, 5.74) is 2.12. The van der Waals surface area contributed by atoms with Gasteiger partial charge >= 0.3 is 6.03 Å². The molecule has 1 saturated heterocycles. The van der Waals surface area contributed by atoms with Crippen molar-refractivity contribution in [3.8, 4) is 0 Å². The summed E-state index contributed by atoms with van der Waals surface area (Å²) in [6.07, 6.45) is 0.875. The highest BCUT2D eigenvalue weighted by Crippen LogP contribution is 2.30. The molecule has 1 aliphatic heterocycles. The van der Waals surface area contributed by atoms with E-state index in [4.69, 9.17) is 11.6 Å². The Hall–Kier alpha value is -2.64. The van der Waals surface area contributed by atoms with Gasteiger partial charge in [-0.3, -0.25) is 15.0 Å². The molecule has 7 nitrogen and oxygen atoms in total. The normalized spacial score (nSPS) is 16.9. The van der Waals surface area contributed by atoms with Crippen molar-refractivity contribution in [2.45, 2.75) is 25.9 Å². The molecule has 0 saturated carbocycles. The fraction of sp³-hybridized carbons (Fsp3) is 0.316. The van der Waals surface area contributed by atoms with Crippen molar-refractivity contribution >= 4 is 29.0 Å². The number of hydrogen-bond donors (Lipinski definition) is 2. The maximum Gasteiger partial charge on any atom is 0.319 e. The number of nitro groups is 1. The second-order valence-electron chi connectivity index (χ2n) is 6.68. The molecular weight excluding hydrogens is 368 g/mol. The second-order valence-corrected chi connectivity index (χ2v) is 7.09. The Kier molecular flexibility index (Phi) is 5.93. The summed E-state index contributed by atoms with van der Waals surface area (Å²) in [4.78, 5) is 25.0. The van der Waals surface area contributed by atoms with Crippen molar-refractivity contribution in [3.05, 3.63) is 68.7 Å². The molecule has 1 heterocycles. The van der Waals surface area contributed by atoms with E-state index in [1.807, 2.05) is 18.2 Å². The first kappa shape index (κ1) is 19.1. The van der Waals surface area contributed by atoms with Gasteiger partial charge in [0.15, 0.2) is 0 Å². The lowest BCUT2D eigenvalue weighted by Gasteiger charge is -2.17. The predicted molar refractivity (Wildman–Crippen MR) is 105 cm³/mol. The number of halogens is 1. The largest absolute Gasteiger partial charge is 0.334 e. The topological polar surface area (TPSA) is 87.5 Å². The molecule has 1 atom stereocenters. The van der Waals surface area contributed by atoms with Gasteiger partial charge in [-0.15, -0.1) is 0 Å². The first-order chi connectivity index (χ1) is 12.9. The number of carbonyl (C=O) groups is 1. The Labute approximate surface area is 162 Å². The van der Waals surface area contributed by atoms with Crippen LogP contribution in [0.4, 0.5) is 16.2 Å². The monoisotopic (exact) mass is 388 g/mol. The number of aryl methyl sites for hydroxylation is 1. The van der Waals surface area contributed by atoms with E-state index >= 15 is 0 Å². The molecule has 1 aliphatic rings. The molecule has 0 aliphatic carbocycles. The van der Waals surface area contributed by atoms with Crippen molar-refractivity contribution in [2.75, 3.05) is 18.4 Å². The molecule has 3 rings (SSSR count). The lowest BCUT2D eigenvalue weighted by Crippen LogP contribution is -2.39. The molecular formula is C19H21ClN4O3. The van der Waals surface area contributed by atoms with E-state index in [2.05, 4.69) is 27.7 Å². The second kappa shape index (κ2) is 8.37. The van der Waals surface area contributed by atoms with Gasteiger partial charge in [0.25, 0.3) is 5.69 Å². The van der Waals surface area contributed by atoms with Crippen LogP contribution in [0.25, 0.3) is 0 Å². The van der Waals surface area contributed by atoms with Crippen molar-refractivity contribution in [2.24, 2.45) is 0 Å². The zero-order valence-electron chi connectivity index (χ0n) is 14.9. The summed E-state index contributed by atoms with van der Waals surface area (Å²) in [6.45, 7) is 4.25. The number of nitrogens with zero attached hydrogens (tertiary/aromatic N) is 2. The van der Waals surface area contributed by atoms with Crippen molar-refractivity contribution in [3.63, 3.8) is 0 Å². The van der Waals surface area contributed by atoms with Crippen LogP contribution in [-0.2, 0) is 6.54 Å².